The lowest BCUT2D eigenvalue weighted by atomic mass is 10.1. The highest BCUT2D eigenvalue weighted by Gasteiger charge is 2.05. The highest BCUT2D eigenvalue weighted by atomic mass is 32.1. The van der Waals surface area contributed by atoms with E-state index < -0.39 is 0 Å². The van der Waals surface area contributed by atoms with Crippen LogP contribution in [0.3, 0.4) is 0 Å². The fourth-order valence-electron chi connectivity index (χ4n) is 1.61. The Morgan fingerprint density at radius 2 is 2.00 bits per heavy atom. The summed E-state index contributed by atoms with van der Waals surface area (Å²) in [6.07, 6.45) is 3.67. The molecular weight excluding hydrogens is 230 g/mol. The Bertz CT molecular complexity index is 587. The van der Waals surface area contributed by atoms with Crippen LogP contribution in [0.2, 0.25) is 0 Å². The van der Waals surface area contributed by atoms with E-state index in [0.29, 0.717) is 10.6 Å². The van der Waals surface area contributed by atoms with Crippen LogP contribution in [-0.4, -0.2) is 15.0 Å². The van der Waals surface area contributed by atoms with Gasteiger partial charge in [0.2, 0.25) is 0 Å². The van der Waals surface area contributed by atoms with E-state index in [1.807, 2.05) is 25.4 Å². The summed E-state index contributed by atoms with van der Waals surface area (Å²) in [5, 5.41) is 0. The van der Waals surface area contributed by atoms with Crippen molar-refractivity contribution in [3.63, 3.8) is 0 Å². The molecule has 0 aromatic carbocycles. The van der Waals surface area contributed by atoms with Gasteiger partial charge in [0.15, 0.2) is 0 Å². The zero-order valence-electron chi connectivity index (χ0n) is 10.2. The molecule has 0 aliphatic heterocycles. The quantitative estimate of drug-likeness (QED) is 0.821. The Hall–Kier alpha value is -1.55. The molecule has 0 radical (unpaired) electrons. The van der Waals surface area contributed by atoms with Crippen molar-refractivity contribution < 1.29 is 0 Å². The lowest BCUT2D eigenvalue weighted by Gasteiger charge is -2.08. The van der Waals surface area contributed by atoms with Crippen molar-refractivity contribution in [3.8, 4) is 11.3 Å². The lowest BCUT2D eigenvalue weighted by molar-refractivity contribution is 0.773. The van der Waals surface area contributed by atoms with Gasteiger partial charge >= 0.3 is 0 Å². The smallest absolute Gasteiger partial charge is 0.130 e. The van der Waals surface area contributed by atoms with Gasteiger partial charge in [-0.25, -0.2) is 4.98 Å². The normalized spacial score (nSPS) is 10.8. The summed E-state index contributed by atoms with van der Waals surface area (Å²) in [7, 11) is 0. The average Bonchev–Trinajstić information content (AvgIpc) is 2.28. The minimum atomic E-state index is 0.328. The van der Waals surface area contributed by atoms with Crippen LogP contribution in [-0.2, 0) is 0 Å². The molecule has 0 aliphatic carbocycles. The molecule has 0 amide bonds. The highest BCUT2D eigenvalue weighted by molar-refractivity contribution is 7.71. The first kappa shape index (κ1) is 11.9. The number of hydrogen-bond acceptors (Lipinski definition) is 3. The second-order valence-corrected chi connectivity index (χ2v) is 4.84. The van der Waals surface area contributed by atoms with E-state index in [4.69, 9.17) is 12.2 Å². The zero-order valence-corrected chi connectivity index (χ0v) is 11.0. The largest absolute Gasteiger partial charge is 0.343 e. The molecule has 3 nitrogen and oxygen atoms in total. The van der Waals surface area contributed by atoms with E-state index in [2.05, 4.69) is 34.9 Å². The van der Waals surface area contributed by atoms with Gasteiger partial charge in [-0.2, -0.15) is 0 Å². The fourth-order valence-corrected chi connectivity index (χ4v) is 1.82. The third kappa shape index (κ3) is 2.77. The topological polar surface area (TPSA) is 41.6 Å². The first-order valence-corrected chi connectivity index (χ1v) is 6.00. The van der Waals surface area contributed by atoms with Crippen LogP contribution in [0.25, 0.3) is 11.3 Å². The first-order valence-electron chi connectivity index (χ1n) is 5.59. The maximum Gasteiger partial charge on any atom is 0.130 e. The minimum absolute atomic E-state index is 0.328. The van der Waals surface area contributed by atoms with Crippen LogP contribution in [0.4, 0.5) is 0 Å². The number of H-pyrrole nitrogens is 1. The van der Waals surface area contributed by atoms with Crippen molar-refractivity contribution in [1.29, 1.82) is 0 Å². The third-order valence-electron chi connectivity index (χ3n) is 2.49. The molecule has 2 aromatic heterocycles. The van der Waals surface area contributed by atoms with Crippen molar-refractivity contribution in [3.05, 3.63) is 40.6 Å². The Morgan fingerprint density at radius 1 is 1.24 bits per heavy atom. The summed E-state index contributed by atoms with van der Waals surface area (Å²) < 4.78 is 0.615. The fraction of sp³-hybridized carbons (Fsp3) is 0.308. The standard InChI is InChI=1S/C13H15N3S/c1-8(2)13-15-11(5-12(17)16-13)10-4-9(3)6-14-7-10/h4-8H,1-3H3,(H,15,16,17). The molecule has 4 heteroatoms. The molecular formula is C13H15N3S. The maximum atomic E-state index is 5.19. The molecule has 0 aliphatic rings. The molecule has 17 heavy (non-hydrogen) atoms. The summed E-state index contributed by atoms with van der Waals surface area (Å²) in [5.41, 5.74) is 3.15. The van der Waals surface area contributed by atoms with E-state index in [1.165, 1.54) is 0 Å². The predicted octanol–water partition coefficient (Wildman–Crippen LogP) is 3.63. The number of nitrogens with one attached hydrogen (secondary N) is 1. The lowest BCUT2D eigenvalue weighted by Crippen LogP contribution is -1.99. The van der Waals surface area contributed by atoms with Crippen LogP contribution < -0.4 is 0 Å². The average molecular weight is 245 g/mol. The Kier molecular flexibility index (Phi) is 3.33. The SMILES string of the molecule is Cc1cncc(-c2cc(=S)nc(C(C)C)[nH]2)c1. The van der Waals surface area contributed by atoms with Gasteiger partial charge in [0.05, 0.1) is 5.69 Å². The van der Waals surface area contributed by atoms with E-state index in [-0.39, 0.29) is 0 Å². The van der Waals surface area contributed by atoms with Crippen molar-refractivity contribution in [2.75, 3.05) is 0 Å². The predicted molar refractivity (Wildman–Crippen MR) is 71.5 cm³/mol. The second kappa shape index (κ2) is 4.75. The summed E-state index contributed by atoms with van der Waals surface area (Å²) in [6, 6.07) is 3.95. The van der Waals surface area contributed by atoms with Crippen LogP contribution >= 0.6 is 12.2 Å². The maximum absolute atomic E-state index is 5.19. The molecule has 0 saturated heterocycles. The second-order valence-electron chi connectivity index (χ2n) is 4.42. The van der Waals surface area contributed by atoms with Gasteiger partial charge in [0, 0.05) is 23.9 Å². The summed E-state index contributed by atoms with van der Waals surface area (Å²) in [4.78, 5) is 11.8. The Balaban J connectivity index is 2.56. The molecule has 2 rings (SSSR count). The molecule has 0 saturated carbocycles. The molecule has 0 bridgehead atoms. The Morgan fingerprint density at radius 3 is 2.65 bits per heavy atom. The number of aryl methyl sites for hydroxylation is 1. The first-order chi connectivity index (χ1) is 8.06. The molecule has 2 heterocycles. The number of hydrogen-bond donors (Lipinski definition) is 1. The molecule has 0 unspecified atom stereocenters. The van der Waals surface area contributed by atoms with Gasteiger partial charge in [-0.05, 0) is 24.6 Å². The summed E-state index contributed by atoms with van der Waals surface area (Å²) >= 11 is 5.19. The van der Waals surface area contributed by atoms with Crippen LogP contribution in [0, 0.1) is 11.6 Å². The van der Waals surface area contributed by atoms with Gasteiger partial charge in [0.1, 0.15) is 10.5 Å². The minimum Gasteiger partial charge on any atom is -0.343 e. The number of rotatable bonds is 2. The van der Waals surface area contributed by atoms with Crippen molar-refractivity contribution in [1.82, 2.24) is 15.0 Å². The van der Waals surface area contributed by atoms with Crippen LogP contribution in [0.1, 0.15) is 31.2 Å². The van der Waals surface area contributed by atoms with Gasteiger partial charge in [0.25, 0.3) is 0 Å². The van der Waals surface area contributed by atoms with Crippen molar-refractivity contribution >= 4 is 12.2 Å². The third-order valence-corrected chi connectivity index (χ3v) is 2.70. The van der Waals surface area contributed by atoms with Gasteiger partial charge in [-0.1, -0.05) is 26.1 Å². The number of pyridine rings is 1. The number of nitrogens with zero attached hydrogens (tertiary/aromatic N) is 2. The van der Waals surface area contributed by atoms with Crippen molar-refractivity contribution in [2.24, 2.45) is 0 Å². The van der Waals surface area contributed by atoms with E-state index in [9.17, 15) is 0 Å². The van der Waals surface area contributed by atoms with E-state index >= 15 is 0 Å². The number of aromatic amines is 1. The molecule has 0 spiro atoms. The monoisotopic (exact) mass is 245 g/mol. The molecule has 0 atom stereocenters. The van der Waals surface area contributed by atoms with E-state index in [0.717, 1.165) is 22.6 Å². The van der Waals surface area contributed by atoms with Crippen LogP contribution in [0.5, 0.6) is 0 Å². The van der Waals surface area contributed by atoms with Gasteiger partial charge < -0.3 is 4.98 Å². The molecule has 2 aromatic rings. The molecule has 88 valence electrons. The van der Waals surface area contributed by atoms with Crippen molar-refractivity contribution in [2.45, 2.75) is 26.7 Å². The van der Waals surface area contributed by atoms with Gasteiger partial charge in [-0.3, -0.25) is 4.98 Å². The molecule has 0 fully saturated rings. The zero-order chi connectivity index (χ0) is 12.4. The molecule has 1 N–H and O–H groups in total. The summed E-state index contributed by atoms with van der Waals surface area (Å²) in [6.45, 7) is 6.20. The highest BCUT2D eigenvalue weighted by Crippen LogP contribution is 2.19. The Labute approximate surface area is 106 Å². The number of aromatic nitrogens is 3. The summed E-state index contributed by atoms with van der Waals surface area (Å²) in [5.74, 6) is 1.24. The van der Waals surface area contributed by atoms with E-state index in [1.54, 1.807) is 0 Å². The van der Waals surface area contributed by atoms with Gasteiger partial charge in [-0.15, -0.1) is 0 Å². The van der Waals surface area contributed by atoms with Crippen LogP contribution in [0.15, 0.2) is 24.5 Å².